The van der Waals surface area contributed by atoms with E-state index in [1.54, 1.807) is 0 Å². The first kappa shape index (κ1) is 21.1. The molecule has 3 aromatic rings. The van der Waals surface area contributed by atoms with Crippen molar-refractivity contribution in [3.63, 3.8) is 0 Å². The molecule has 1 heterocycles. The lowest BCUT2D eigenvalue weighted by molar-refractivity contribution is -0.137. The molecule has 0 fully saturated rings. The van der Waals surface area contributed by atoms with Crippen LogP contribution in [-0.2, 0) is 14.3 Å². The number of aliphatic carboxylic acids is 1. The highest BCUT2D eigenvalue weighted by atomic mass is 16.5. The Morgan fingerprint density at radius 2 is 1.69 bits per heavy atom. The quantitative estimate of drug-likeness (QED) is 0.494. The highest BCUT2D eigenvalue weighted by molar-refractivity contribution is 5.96. The molecule has 3 N–H and O–H groups in total. The van der Waals surface area contributed by atoms with Gasteiger partial charge in [-0.2, -0.15) is 0 Å². The molecule has 2 amide bonds. The van der Waals surface area contributed by atoms with Crippen LogP contribution in [0.15, 0.2) is 65.4 Å². The van der Waals surface area contributed by atoms with Crippen LogP contribution in [0.5, 0.6) is 0 Å². The fourth-order valence-electron chi connectivity index (χ4n) is 3.81. The van der Waals surface area contributed by atoms with E-state index >= 15 is 0 Å². The minimum Gasteiger partial charge on any atom is -0.481 e. The van der Waals surface area contributed by atoms with Crippen LogP contribution in [0.1, 0.15) is 29.9 Å². The summed E-state index contributed by atoms with van der Waals surface area (Å²) < 4.78 is 10.1. The Hall–Kier alpha value is -4.14. The molecular weight excluding hydrogens is 414 g/mol. The zero-order valence-corrected chi connectivity index (χ0v) is 17.0. The number of benzene rings is 2. The number of ether oxygens (including phenoxy) is 1. The lowest BCUT2D eigenvalue weighted by Crippen LogP contribution is -2.44. The number of nitrogens with one attached hydrogen (secondary N) is 2. The Kier molecular flexibility index (Phi) is 6.16. The van der Waals surface area contributed by atoms with Crippen LogP contribution in [0.2, 0.25) is 0 Å². The standard InChI is InChI=1S/C23H21N3O6/c27-21(28)10-9-19(22(29)25-20-11-12-32-26-20)24-23(30)31-13-18-16-7-3-1-5-14(16)15-6-2-4-8-17(15)18/h1-8,11-12,18-19H,9-10,13H2,(H,24,30)(H,27,28)(H,25,26,29). The average Bonchev–Trinajstić information content (AvgIpc) is 3.41. The third-order valence-electron chi connectivity index (χ3n) is 5.29. The van der Waals surface area contributed by atoms with E-state index in [4.69, 9.17) is 9.84 Å². The molecule has 1 atom stereocenters. The van der Waals surface area contributed by atoms with Gasteiger partial charge in [0.25, 0.3) is 0 Å². The first-order chi connectivity index (χ1) is 15.5. The number of hydrogen-bond acceptors (Lipinski definition) is 6. The van der Waals surface area contributed by atoms with Gasteiger partial charge in [-0.3, -0.25) is 9.59 Å². The molecule has 1 aliphatic rings. The fraction of sp³-hybridized carbons (Fsp3) is 0.217. The van der Waals surface area contributed by atoms with Gasteiger partial charge in [0.05, 0.1) is 0 Å². The van der Waals surface area contributed by atoms with Crippen LogP contribution in [0.4, 0.5) is 10.6 Å². The van der Waals surface area contributed by atoms with Crippen LogP contribution < -0.4 is 10.6 Å². The third-order valence-corrected chi connectivity index (χ3v) is 5.29. The van der Waals surface area contributed by atoms with Crippen LogP contribution >= 0.6 is 0 Å². The summed E-state index contributed by atoms with van der Waals surface area (Å²) in [4.78, 5) is 35.9. The van der Waals surface area contributed by atoms with Gasteiger partial charge >= 0.3 is 12.1 Å². The molecule has 1 unspecified atom stereocenters. The zero-order valence-electron chi connectivity index (χ0n) is 17.0. The lowest BCUT2D eigenvalue weighted by Gasteiger charge is -2.19. The van der Waals surface area contributed by atoms with Crippen molar-refractivity contribution in [2.45, 2.75) is 24.8 Å². The zero-order chi connectivity index (χ0) is 22.5. The molecule has 0 radical (unpaired) electrons. The number of carbonyl (C=O) groups is 3. The van der Waals surface area contributed by atoms with Crippen LogP contribution in [-0.4, -0.2) is 40.9 Å². The van der Waals surface area contributed by atoms with Gasteiger partial charge < -0.3 is 25.0 Å². The number of aromatic nitrogens is 1. The van der Waals surface area contributed by atoms with Crippen LogP contribution in [0, 0.1) is 0 Å². The van der Waals surface area contributed by atoms with Crippen molar-refractivity contribution in [3.8, 4) is 11.1 Å². The topological polar surface area (TPSA) is 131 Å². The summed E-state index contributed by atoms with van der Waals surface area (Å²) >= 11 is 0. The predicted octanol–water partition coefficient (Wildman–Crippen LogP) is 3.39. The summed E-state index contributed by atoms with van der Waals surface area (Å²) in [6.45, 7) is 0.0798. The minimum atomic E-state index is -1.11. The van der Waals surface area contributed by atoms with Gasteiger partial charge in [-0.15, -0.1) is 0 Å². The van der Waals surface area contributed by atoms with E-state index in [1.165, 1.54) is 12.3 Å². The van der Waals surface area contributed by atoms with Crippen molar-refractivity contribution >= 4 is 23.8 Å². The Bertz CT molecular complexity index is 1080. The second kappa shape index (κ2) is 9.34. The molecule has 4 rings (SSSR count). The second-order valence-corrected chi connectivity index (χ2v) is 7.33. The smallest absolute Gasteiger partial charge is 0.407 e. The van der Waals surface area contributed by atoms with Crippen molar-refractivity contribution in [1.29, 1.82) is 0 Å². The molecule has 164 valence electrons. The number of carboxylic acid groups (broad SMARTS) is 1. The molecule has 1 aliphatic carbocycles. The normalized spacial score (nSPS) is 13.0. The molecule has 32 heavy (non-hydrogen) atoms. The van der Waals surface area contributed by atoms with E-state index in [0.29, 0.717) is 0 Å². The Morgan fingerprint density at radius 1 is 1.03 bits per heavy atom. The van der Waals surface area contributed by atoms with Gasteiger partial charge in [0.2, 0.25) is 5.91 Å². The Labute approximate surface area is 183 Å². The van der Waals surface area contributed by atoms with E-state index < -0.39 is 24.0 Å². The minimum absolute atomic E-state index is 0.0798. The molecular formula is C23H21N3O6. The average molecular weight is 435 g/mol. The maximum absolute atomic E-state index is 12.5. The summed E-state index contributed by atoms with van der Waals surface area (Å²) in [7, 11) is 0. The van der Waals surface area contributed by atoms with E-state index in [1.807, 2.05) is 48.5 Å². The van der Waals surface area contributed by atoms with Gasteiger partial charge in [0.15, 0.2) is 5.82 Å². The molecule has 2 aromatic carbocycles. The van der Waals surface area contributed by atoms with Crippen molar-refractivity contribution < 1.29 is 28.8 Å². The second-order valence-electron chi connectivity index (χ2n) is 7.33. The summed E-state index contributed by atoms with van der Waals surface area (Å²) in [5, 5.41) is 17.5. The maximum atomic E-state index is 12.5. The van der Waals surface area contributed by atoms with Gasteiger partial charge in [-0.05, 0) is 28.7 Å². The van der Waals surface area contributed by atoms with Crippen molar-refractivity contribution in [3.05, 3.63) is 72.0 Å². The molecule has 0 bridgehead atoms. The van der Waals surface area contributed by atoms with Crippen molar-refractivity contribution in [1.82, 2.24) is 10.5 Å². The maximum Gasteiger partial charge on any atom is 0.407 e. The van der Waals surface area contributed by atoms with E-state index in [-0.39, 0.29) is 31.2 Å². The molecule has 1 aromatic heterocycles. The number of hydrogen-bond donors (Lipinski definition) is 3. The number of carbonyl (C=O) groups excluding carboxylic acids is 2. The van der Waals surface area contributed by atoms with Gasteiger partial charge in [0.1, 0.15) is 18.9 Å². The largest absolute Gasteiger partial charge is 0.481 e. The number of rotatable bonds is 8. The number of carboxylic acids is 1. The van der Waals surface area contributed by atoms with Gasteiger partial charge in [-0.25, -0.2) is 4.79 Å². The van der Waals surface area contributed by atoms with Crippen molar-refractivity contribution in [2.75, 3.05) is 11.9 Å². The first-order valence-corrected chi connectivity index (χ1v) is 10.1. The number of anilines is 1. The Morgan fingerprint density at radius 3 is 2.28 bits per heavy atom. The number of nitrogens with zero attached hydrogens (tertiary/aromatic N) is 1. The number of fused-ring (bicyclic) bond motifs is 3. The fourth-order valence-corrected chi connectivity index (χ4v) is 3.81. The SMILES string of the molecule is O=C(O)CCC(NC(=O)OCC1c2ccccc2-c2ccccc21)C(=O)Nc1ccon1. The van der Waals surface area contributed by atoms with Crippen molar-refractivity contribution in [2.24, 2.45) is 0 Å². The monoisotopic (exact) mass is 435 g/mol. The molecule has 0 saturated heterocycles. The van der Waals surface area contributed by atoms with Gasteiger partial charge in [-0.1, -0.05) is 53.7 Å². The van der Waals surface area contributed by atoms with Gasteiger partial charge in [0, 0.05) is 18.4 Å². The molecule has 0 aliphatic heterocycles. The summed E-state index contributed by atoms with van der Waals surface area (Å²) in [6, 6.07) is 16.2. The molecule has 0 saturated carbocycles. The highest BCUT2D eigenvalue weighted by Gasteiger charge is 2.30. The van der Waals surface area contributed by atoms with Crippen LogP contribution in [0.25, 0.3) is 11.1 Å². The number of alkyl carbamates (subject to hydrolysis) is 1. The first-order valence-electron chi connectivity index (χ1n) is 10.1. The molecule has 0 spiro atoms. The van der Waals surface area contributed by atoms with E-state index in [2.05, 4.69) is 20.3 Å². The Balaban J connectivity index is 1.42. The molecule has 9 heteroatoms. The third kappa shape index (κ3) is 4.61. The van der Waals surface area contributed by atoms with E-state index in [0.717, 1.165) is 22.3 Å². The summed E-state index contributed by atoms with van der Waals surface area (Å²) in [6.07, 6.45) is 0.0579. The predicted molar refractivity (Wildman–Crippen MR) is 114 cm³/mol. The van der Waals surface area contributed by atoms with E-state index in [9.17, 15) is 14.4 Å². The number of amides is 2. The summed E-state index contributed by atoms with van der Waals surface area (Å²) in [5.74, 6) is -1.67. The highest BCUT2D eigenvalue weighted by Crippen LogP contribution is 2.44. The van der Waals surface area contributed by atoms with Crippen LogP contribution in [0.3, 0.4) is 0 Å². The lowest BCUT2D eigenvalue weighted by atomic mass is 9.98. The molecule has 9 nitrogen and oxygen atoms in total. The summed E-state index contributed by atoms with van der Waals surface area (Å²) in [5.41, 5.74) is 4.33.